The van der Waals surface area contributed by atoms with Crippen molar-refractivity contribution in [1.82, 2.24) is 5.43 Å². The van der Waals surface area contributed by atoms with Crippen LogP contribution in [-0.4, -0.2) is 31.6 Å². The van der Waals surface area contributed by atoms with Crippen LogP contribution in [0, 0.1) is 0 Å². The van der Waals surface area contributed by atoms with Crippen molar-refractivity contribution >= 4 is 12.3 Å². The van der Waals surface area contributed by atoms with Crippen LogP contribution in [0.4, 0.5) is 4.79 Å². The van der Waals surface area contributed by atoms with E-state index in [0.717, 1.165) is 0 Å². The number of carbonyl (C=O) groups excluding carboxylic acids is 1. The number of methoxy groups -OCH3 is 2. The predicted molar refractivity (Wildman–Crippen MR) is 57.8 cm³/mol. The molecule has 0 aliphatic heterocycles. The van der Waals surface area contributed by atoms with Gasteiger partial charge in [0.1, 0.15) is 0 Å². The Morgan fingerprint density at radius 2 is 2.25 bits per heavy atom. The number of carbonyl (C=O) groups is 1. The van der Waals surface area contributed by atoms with E-state index in [9.17, 15) is 9.90 Å². The van der Waals surface area contributed by atoms with Gasteiger partial charge in [-0.3, -0.25) is 0 Å². The molecular weight excluding hydrogens is 212 g/mol. The highest BCUT2D eigenvalue weighted by Gasteiger charge is 2.04. The van der Waals surface area contributed by atoms with Crippen LogP contribution in [0.1, 0.15) is 5.56 Å². The number of hydrazone groups is 1. The summed E-state index contributed by atoms with van der Waals surface area (Å²) in [5.74, 6) is 0.294. The number of rotatable bonds is 3. The SMILES string of the molecule is COC(=O)N/N=C\c1cccc(OC)c1O. The summed E-state index contributed by atoms with van der Waals surface area (Å²) in [6, 6.07) is 4.93. The minimum Gasteiger partial charge on any atom is -0.504 e. The average molecular weight is 224 g/mol. The van der Waals surface area contributed by atoms with Crippen molar-refractivity contribution in [2.75, 3.05) is 14.2 Å². The van der Waals surface area contributed by atoms with Gasteiger partial charge in [0.15, 0.2) is 11.5 Å². The first-order valence-electron chi connectivity index (χ1n) is 4.42. The van der Waals surface area contributed by atoms with Crippen molar-refractivity contribution in [3.63, 3.8) is 0 Å². The van der Waals surface area contributed by atoms with E-state index in [0.29, 0.717) is 11.3 Å². The second kappa shape index (κ2) is 5.59. The Labute approximate surface area is 92.5 Å². The summed E-state index contributed by atoms with van der Waals surface area (Å²) in [5.41, 5.74) is 2.53. The van der Waals surface area contributed by atoms with E-state index in [1.54, 1.807) is 18.2 Å². The minimum atomic E-state index is -0.682. The second-order valence-electron chi connectivity index (χ2n) is 2.76. The van der Waals surface area contributed by atoms with Crippen LogP contribution < -0.4 is 10.2 Å². The molecule has 16 heavy (non-hydrogen) atoms. The van der Waals surface area contributed by atoms with Crippen molar-refractivity contribution in [2.45, 2.75) is 0 Å². The van der Waals surface area contributed by atoms with Gasteiger partial charge in [-0.25, -0.2) is 10.2 Å². The maximum absolute atomic E-state index is 10.7. The number of para-hydroxylation sites is 1. The lowest BCUT2D eigenvalue weighted by atomic mass is 10.2. The fourth-order valence-corrected chi connectivity index (χ4v) is 1.01. The van der Waals surface area contributed by atoms with Crippen molar-refractivity contribution in [3.8, 4) is 11.5 Å². The predicted octanol–water partition coefficient (Wildman–Crippen LogP) is 1.09. The van der Waals surface area contributed by atoms with Gasteiger partial charge in [0, 0.05) is 5.56 Å². The lowest BCUT2D eigenvalue weighted by Crippen LogP contribution is -2.16. The standard InChI is InChI=1S/C10H12N2O4/c1-15-8-5-3-4-7(9(8)13)6-11-12-10(14)16-2/h3-6,13H,1-2H3,(H,12,14)/b11-6-. The lowest BCUT2D eigenvalue weighted by molar-refractivity contribution is 0.171. The number of ether oxygens (including phenoxy) is 2. The van der Waals surface area contributed by atoms with Gasteiger partial charge in [0.05, 0.1) is 20.4 Å². The molecule has 1 rings (SSSR count). The van der Waals surface area contributed by atoms with E-state index >= 15 is 0 Å². The molecule has 0 aliphatic carbocycles. The highest BCUT2D eigenvalue weighted by atomic mass is 16.5. The number of hydrogen-bond donors (Lipinski definition) is 2. The number of aromatic hydroxyl groups is 1. The largest absolute Gasteiger partial charge is 0.504 e. The molecule has 0 unspecified atom stereocenters. The maximum Gasteiger partial charge on any atom is 0.427 e. The zero-order valence-electron chi connectivity index (χ0n) is 8.93. The smallest absolute Gasteiger partial charge is 0.427 e. The number of phenols is 1. The number of amides is 1. The van der Waals surface area contributed by atoms with Crippen LogP contribution in [0.3, 0.4) is 0 Å². The summed E-state index contributed by atoms with van der Waals surface area (Å²) in [7, 11) is 2.68. The Hall–Kier alpha value is -2.24. The Kier molecular flexibility index (Phi) is 4.14. The number of hydrogen-bond acceptors (Lipinski definition) is 5. The molecule has 0 radical (unpaired) electrons. The molecule has 1 aromatic carbocycles. The molecule has 0 saturated carbocycles. The van der Waals surface area contributed by atoms with Gasteiger partial charge in [-0.1, -0.05) is 6.07 Å². The number of nitrogens with one attached hydrogen (secondary N) is 1. The first-order chi connectivity index (χ1) is 7.69. The summed E-state index contributed by atoms with van der Waals surface area (Å²) < 4.78 is 9.22. The monoisotopic (exact) mass is 224 g/mol. The van der Waals surface area contributed by atoms with Crippen LogP contribution in [0.25, 0.3) is 0 Å². The number of phenolic OH excluding ortho intramolecular Hbond substituents is 1. The molecule has 0 fully saturated rings. The molecule has 0 spiro atoms. The quantitative estimate of drug-likeness (QED) is 0.595. The van der Waals surface area contributed by atoms with Crippen LogP contribution in [0.15, 0.2) is 23.3 Å². The van der Waals surface area contributed by atoms with E-state index in [-0.39, 0.29) is 5.75 Å². The zero-order chi connectivity index (χ0) is 12.0. The van der Waals surface area contributed by atoms with Gasteiger partial charge in [-0.2, -0.15) is 5.10 Å². The molecule has 2 N–H and O–H groups in total. The van der Waals surface area contributed by atoms with Crippen molar-refractivity contribution in [1.29, 1.82) is 0 Å². The minimum absolute atomic E-state index is 0.0413. The molecule has 1 amide bonds. The van der Waals surface area contributed by atoms with E-state index in [1.807, 2.05) is 0 Å². The van der Waals surface area contributed by atoms with Crippen LogP contribution in [-0.2, 0) is 4.74 Å². The first kappa shape index (κ1) is 11.8. The molecule has 86 valence electrons. The van der Waals surface area contributed by atoms with Gasteiger partial charge in [0.2, 0.25) is 0 Å². The van der Waals surface area contributed by atoms with E-state index in [2.05, 4.69) is 15.3 Å². The molecular formula is C10H12N2O4. The van der Waals surface area contributed by atoms with Gasteiger partial charge in [-0.15, -0.1) is 0 Å². The molecule has 0 aromatic heterocycles. The van der Waals surface area contributed by atoms with E-state index in [4.69, 9.17) is 4.74 Å². The Balaban J connectivity index is 2.77. The average Bonchev–Trinajstić information content (AvgIpc) is 2.31. The molecule has 6 heteroatoms. The molecule has 0 saturated heterocycles. The van der Waals surface area contributed by atoms with Gasteiger partial charge in [0.25, 0.3) is 0 Å². The number of nitrogens with zero attached hydrogens (tertiary/aromatic N) is 1. The summed E-state index contributed by atoms with van der Waals surface area (Å²) in [6.07, 6.45) is 0.605. The van der Waals surface area contributed by atoms with Crippen LogP contribution in [0.5, 0.6) is 11.5 Å². The fraction of sp³-hybridized carbons (Fsp3) is 0.200. The van der Waals surface area contributed by atoms with Gasteiger partial charge >= 0.3 is 6.09 Å². The molecule has 0 bridgehead atoms. The van der Waals surface area contributed by atoms with Crippen LogP contribution in [0.2, 0.25) is 0 Å². The second-order valence-corrected chi connectivity index (χ2v) is 2.76. The fourth-order valence-electron chi connectivity index (χ4n) is 1.01. The van der Waals surface area contributed by atoms with E-state index < -0.39 is 6.09 Å². The van der Waals surface area contributed by atoms with E-state index in [1.165, 1.54) is 20.4 Å². The van der Waals surface area contributed by atoms with Crippen LogP contribution >= 0.6 is 0 Å². The Bertz CT molecular complexity index is 404. The highest BCUT2D eigenvalue weighted by Crippen LogP contribution is 2.27. The molecule has 1 aromatic rings. The molecule has 0 atom stereocenters. The normalized spacial score (nSPS) is 10.1. The maximum atomic E-state index is 10.7. The van der Waals surface area contributed by atoms with Gasteiger partial charge < -0.3 is 14.6 Å². The zero-order valence-corrected chi connectivity index (χ0v) is 8.93. The van der Waals surface area contributed by atoms with Gasteiger partial charge in [-0.05, 0) is 12.1 Å². The molecule has 0 aliphatic rings. The van der Waals surface area contributed by atoms with Crippen molar-refractivity contribution in [3.05, 3.63) is 23.8 Å². The Morgan fingerprint density at radius 3 is 2.88 bits per heavy atom. The third kappa shape index (κ3) is 2.88. The lowest BCUT2D eigenvalue weighted by Gasteiger charge is -2.04. The molecule has 6 nitrogen and oxygen atoms in total. The summed E-state index contributed by atoms with van der Waals surface area (Å²) >= 11 is 0. The highest BCUT2D eigenvalue weighted by molar-refractivity contribution is 5.85. The van der Waals surface area contributed by atoms with Crippen molar-refractivity contribution in [2.24, 2.45) is 5.10 Å². The summed E-state index contributed by atoms with van der Waals surface area (Å²) in [6.45, 7) is 0. The summed E-state index contributed by atoms with van der Waals surface area (Å²) in [5, 5.41) is 13.2. The first-order valence-corrected chi connectivity index (χ1v) is 4.42. The number of benzene rings is 1. The molecule has 0 heterocycles. The third-order valence-corrected chi connectivity index (χ3v) is 1.79. The summed E-state index contributed by atoms with van der Waals surface area (Å²) in [4.78, 5) is 10.7. The topological polar surface area (TPSA) is 80.2 Å². The van der Waals surface area contributed by atoms with Crippen molar-refractivity contribution < 1.29 is 19.4 Å². The third-order valence-electron chi connectivity index (χ3n) is 1.79. The Morgan fingerprint density at radius 1 is 1.50 bits per heavy atom.